The van der Waals surface area contributed by atoms with Gasteiger partial charge in [0.1, 0.15) is 11.6 Å². The van der Waals surface area contributed by atoms with E-state index in [0.29, 0.717) is 37.7 Å². The van der Waals surface area contributed by atoms with Gasteiger partial charge in [-0.05, 0) is 31.9 Å². The smallest absolute Gasteiger partial charge is 0.322 e. The Labute approximate surface area is 188 Å². The number of carbonyl (C=O) groups excluding carboxylic acids is 2. The number of hydrogen-bond acceptors (Lipinski definition) is 5. The molecule has 1 aromatic carbocycles. The molecule has 0 saturated carbocycles. The van der Waals surface area contributed by atoms with E-state index in [0.717, 1.165) is 37.6 Å². The third-order valence-electron chi connectivity index (χ3n) is 6.01. The van der Waals surface area contributed by atoms with Crippen LogP contribution < -0.4 is 10.1 Å². The quantitative estimate of drug-likeness (QED) is 0.787. The van der Waals surface area contributed by atoms with Gasteiger partial charge in [-0.2, -0.15) is 0 Å². The van der Waals surface area contributed by atoms with Crippen LogP contribution in [0.2, 0.25) is 0 Å². The molecule has 0 unspecified atom stereocenters. The van der Waals surface area contributed by atoms with Crippen LogP contribution >= 0.6 is 0 Å². The predicted octanol–water partition coefficient (Wildman–Crippen LogP) is 2.59. The van der Waals surface area contributed by atoms with Gasteiger partial charge in [0, 0.05) is 46.2 Å². The van der Waals surface area contributed by atoms with Crippen LogP contribution in [0.25, 0.3) is 0 Å². The third kappa shape index (κ3) is 4.49. The Kier molecular flexibility index (Phi) is 6.48. The number of hydrogen-bond donors (Lipinski definition) is 1. The Morgan fingerprint density at radius 1 is 1.09 bits per heavy atom. The summed E-state index contributed by atoms with van der Waals surface area (Å²) in [6, 6.07) is 7.31. The average Bonchev–Trinajstić information content (AvgIpc) is 3.23. The molecule has 0 atom stereocenters. The minimum Gasteiger partial charge on any atom is -0.492 e. The molecule has 172 valence electrons. The monoisotopic (exact) mass is 441 g/mol. The number of benzene rings is 1. The van der Waals surface area contributed by atoms with E-state index in [1.807, 2.05) is 36.1 Å². The normalized spacial score (nSPS) is 16.5. The molecule has 1 aromatic heterocycles. The lowest BCUT2D eigenvalue weighted by Crippen LogP contribution is -2.44. The molecule has 4 amide bonds. The number of urea groups is 2. The van der Waals surface area contributed by atoms with Crippen molar-refractivity contribution in [2.75, 3.05) is 45.7 Å². The van der Waals surface area contributed by atoms with Gasteiger partial charge in [-0.3, -0.25) is 0 Å². The van der Waals surface area contributed by atoms with Gasteiger partial charge >= 0.3 is 12.1 Å². The van der Waals surface area contributed by atoms with Crippen LogP contribution in [0.1, 0.15) is 37.3 Å². The highest BCUT2D eigenvalue weighted by Crippen LogP contribution is 2.29. The Hall–Kier alpha value is -3.30. The zero-order valence-electron chi connectivity index (χ0n) is 19.0. The average molecular weight is 442 g/mol. The van der Waals surface area contributed by atoms with E-state index in [1.165, 1.54) is 0 Å². The maximum Gasteiger partial charge on any atom is 0.322 e. The lowest BCUT2D eigenvalue weighted by molar-refractivity contribution is 0.154. The number of ether oxygens (including phenoxy) is 1. The Balaban J connectivity index is 1.38. The van der Waals surface area contributed by atoms with E-state index in [2.05, 4.69) is 20.1 Å². The topological polar surface area (TPSA) is 95.8 Å². The first-order chi connectivity index (χ1) is 15.5. The highest BCUT2D eigenvalue weighted by atomic mass is 16.5. The molecule has 32 heavy (non-hydrogen) atoms. The molecule has 1 saturated heterocycles. The molecule has 2 aliphatic rings. The number of rotatable bonds is 4. The first kappa shape index (κ1) is 21.9. The van der Waals surface area contributed by atoms with Gasteiger partial charge in [-0.15, -0.1) is 10.2 Å². The van der Waals surface area contributed by atoms with Crippen LogP contribution in [0.4, 0.5) is 15.3 Å². The first-order valence-electron chi connectivity index (χ1n) is 11.1. The number of amides is 4. The summed E-state index contributed by atoms with van der Waals surface area (Å²) < 4.78 is 7.75. The predicted molar refractivity (Wildman–Crippen MR) is 120 cm³/mol. The zero-order valence-corrected chi connectivity index (χ0v) is 19.0. The second-order valence-electron chi connectivity index (χ2n) is 8.35. The molecular formula is C22H31N7O3. The Morgan fingerprint density at radius 3 is 2.56 bits per heavy atom. The van der Waals surface area contributed by atoms with E-state index < -0.39 is 0 Å². The molecule has 10 heteroatoms. The van der Waals surface area contributed by atoms with E-state index in [-0.39, 0.29) is 18.0 Å². The van der Waals surface area contributed by atoms with Crippen molar-refractivity contribution < 1.29 is 14.3 Å². The second-order valence-corrected chi connectivity index (χ2v) is 8.35. The van der Waals surface area contributed by atoms with Crippen molar-refractivity contribution in [3.8, 4) is 5.75 Å². The van der Waals surface area contributed by atoms with Crippen LogP contribution in [0.3, 0.4) is 0 Å². The maximum atomic E-state index is 12.9. The number of anilines is 1. The van der Waals surface area contributed by atoms with Gasteiger partial charge in [-0.25, -0.2) is 9.59 Å². The van der Waals surface area contributed by atoms with E-state index >= 15 is 0 Å². The zero-order chi connectivity index (χ0) is 22.7. The summed E-state index contributed by atoms with van der Waals surface area (Å²) in [6.07, 6.45) is 1.74. The second kappa shape index (κ2) is 9.46. The van der Waals surface area contributed by atoms with Gasteiger partial charge in [0.2, 0.25) is 0 Å². The van der Waals surface area contributed by atoms with Crippen molar-refractivity contribution in [3.05, 3.63) is 35.9 Å². The van der Waals surface area contributed by atoms with Crippen LogP contribution in [0, 0.1) is 0 Å². The SMILES string of the molecule is CCOc1ccccc1NC(=O)N1CCn2c(nnc2C2CCN(C(=O)N(C)C)CC2)C1. The molecule has 2 aromatic rings. The van der Waals surface area contributed by atoms with Crippen molar-refractivity contribution >= 4 is 17.7 Å². The van der Waals surface area contributed by atoms with Gasteiger partial charge in [0.25, 0.3) is 0 Å². The molecular weight excluding hydrogens is 410 g/mol. The standard InChI is InChI=1S/C22H31N7O3/c1-4-32-18-8-6-5-7-17(18)23-21(30)28-13-14-29-19(15-28)24-25-20(29)16-9-11-27(12-10-16)22(31)26(2)3/h5-8,16H,4,9-15H2,1-3H3,(H,23,30). The minimum atomic E-state index is -0.177. The summed E-state index contributed by atoms with van der Waals surface area (Å²) in [5, 5.41) is 11.8. The van der Waals surface area contributed by atoms with Crippen molar-refractivity contribution in [1.29, 1.82) is 0 Å². The Morgan fingerprint density at radius 2 is 1.84 bits per heavy atom. The van der Waals surface area contributed by atoms with Crippen molar-refractivity contribution in [1.82, 2.24) is 29.5 Å². The van der Waals surface area contributed by atoms with Gasteiger partial charge < -0.3 is 29.3 Å². The molecule has 0 radical (unpaired) electrons. The molecule has 2 aliphatic heterocycles. The summed E-state index contributed by atoms with van der Waals surface area (Å²) in [5.74, 6) is 2.70. The molecule has 4 rings (SSSR count). The molecule has 0 spiro atoms. The lowest BCUT2D eigenvalue weighted by atomic mass is 9.96. The van der Waals surface area contributed by atoms with Crippen molar-refractivity contribution in [2.24, 2.45) is 0 Å². The molecule has 0 bridgehead atoms. The van der Waals surface area contributed by atoms with Crippen LogP contribution in [-0.4, -0.2) is 81.9 Å². The van der Waals surface area contributed by atoms with E-state index in [9.17, 15) is 9.59 Å². The van der Waals surface area contributed by atoms with Crippen molar-refractivity contribution in [3.63, 3.8) is 0 Å². The summed E-state index contributed by atoms with van der Waals surface area (Å²) in [5.41, 5.74) is 0.658. The number of piperidine rings is 1. The fourth-order valence-electron chi connectivity index (χ4n) is 4.31. The van der Waals surface area contributed by atoms with Gasteiger partial charge in [-0.1, -0.05) is 12.1 Å². The molecule has 1 N–H and O–H groups in total. The molecule has 0 aliphatic carbocycles. The summed E-state index contributed by atoms with van der Waals surface area (Å²) >= 11 is 0. The molecule has 1 fully saturated rings. The van der Waals surface area contributed by atoms with Crippen LogP contribution in [0.15, 0.2) is 24.3 Å². The highest BCUT2D eigenvalue weighted by Gasteiger charge is 2.31. The minimum absolute atomic E-state index is 0.0549. The van der Waals surface area contributed by atoms with Crippen molar-refractivity contribution in [2.45, 2.75) is 38.8 Å². The number of likely N-dealkylation sites (tertiary alicyclic amines) is 1. The molecule has 3 heterocycles. The fourth-order valence-corrected chi connectivity index (χ4v) is 4.31. The number of carbonyl (C=O) groups is 2. The van der Waals surface area contributed by atoms with E-state index in [4.69, 9.17) is 4.74 Å². The molecule has 10 nitrogen and oxygen atoms in total. The van der Waals surface area contributed by atoms with Gasteiger partial charge in [0.15, 0.2) is 5.82 Å². The number of para-hydroxylation sites is 2. The number of aromatic nitrogens is 3. The summed E-state index contributed by atoms with van der Waals surface area (Å²) in [6.45, 7) is 5.54. The van der Waals surface area contributed by atoms with Gasteiger partial charge in [0.05, 0.1) is 18.8 Å². The van der Waals surface area contributed by atoms with Crippen LogP contribution in [-0.2, 0) is 13.1 Å². The lowest BCUT2D eigenvalue weighted by Gasteiger charge is -2.34. The largest absolute Gasteiger partial charge is 0.492 e. The summed E-state index contributed by atoms with van der Waals surface area (Å²) in [7, 11) is 3.56. The number of fused-ring (bicyclic) bond motifs is 1. The Bertz CT molecular complexity index is 966. The maximum absolute atomic E-state index is 12.9. The van der Waals surface area contributed by atoms with E-state index in [1.54, 1.807) is 23.9 Å². The number of nitrogens with zero attached hydrogens (tertiary/aromatic N) is 6. The number of nitrogens with one attached hydrogen (secondary N) is 1. The fraction of sp³-hybridized carbons (Fsp3) is 0.545. The van der Waals surface area contributed by atoms with Crippen LogP contribution in [0.5, 0.6) is 5.75 Å². The first-order valence-corrected chi connectivity index (χ1v) is 11.1. The third-order valence-corrected chi connectivity index (χ3v) is 6.01. The highest BCUT2D eigenvalue weighted by molar-refractivity contribution is 5.91. The summed E-state index contributed by atoms with van der Waals surface area (Å²) in [4.78, 5) is 30.3.